The van der Waals surface area contributed by atoms with E-state index in [-0.39, 0.29) is 17.4 Å². The number of aryl methyl sites for hydroxylation is 1. The summed E-state index contributed by atoms with van der Waals surface area (Å²) in [7, 11) is 1.72. The number of aromatic amines is 1. The summed E-state index contributed by atoms with van der Waals surface area (Å²) in [6, 6.07) is 2.93. The quantitative estimate of drug-likeness (QED) is 0.857. The summed E-state index contributed by atoms with van der Waals surface area (Å²) >= 11 is 0. The lowest BCUT2D eigenvalue weighted by atomic mass is 10.1. The number of aromatic nitrogens is 4. The molecule has 0 aromatic carbocycles. The van der Waals surface area contributed by atoms with E-state index in [1.165, 1.54) is 12.4 Å². The second kappa shape index (κ2) is 5.05. The van der Waals surface area contributed by atoms with E-state index in [4.69, 9.17) is 0 Å². The number of carbonyl (C=O) groups excluding carboxylic acids is 1. The largest absolute Gasteiger partial charge is 0.326 e. The zero-order chi connectivity index (χ0) is 14.0. The molecule has 2 N–H and O–H groups in total. The van der Waals surface area contributed by atoms with E-state index in [0.29, 0.717) is 11.5 Å². The first-order valence-corrected chi connectivity index (χ1v) is 5.87. The van der Waals surface area contributed by atoms with E-state index in [2.05, 4.69) is 20.5 Å². The Morgan fingerprint density at radius 1 is 1.42 bits per heavy atom. The summed E-state index contributed by atoms with van der Waals surface area (Å²) in [5, 5.41) is 10.0. The van der Waals surface area contributed by atoms with Crippen LogP contribution in [0.1, 0.15) is 35.8 Å². The van der Waals surface area contributed by atoms with Crippen LogP contribution >= 0.6 is 0 Å². The fourth-order valence-corrected chi connectivity index (χ4v) is 1.58. The lowest BCUT2D eigenvalue weighted by Crippen LogP contribution is -2.19. The minimum Gasteiger partial charge on any atom is -0.326 e. The molecule has 2 aromatic rings. The number of rotatable bonds is 3. The number of nitrogens with one attached hydrogen (secondary N) is 2. The highest BCUT2D eigenvalue weighted by molar-refractivity contribution is 6.03. The molecule has 0 aliphatic heterocycles. The van der Waals surface area contributed by atoms with Gasteiger partial charge >= 0.3 is 0 Å². The minimum atomic E-state index is -0.385. The maximum atomic E-state index is 12.0. The highest BCUT2D eigenvalue weighted by Crippen LogP contribution is 2.12. The summed E-state index contributed by atoms with van der Waals surface area (Å²) < 4.78 is 1.58. The molecule has 19 heavy (non-hydrogen) atoms. The molecule has 0 unspecified atom stereocenters. The number of nitrogens with zero attached hydrogens (tertiary/aromatic N) is 3. The Balaban J connectivity index is 2.29. The molecule has 7 nitrogen and oxygen atoms in total. The molecule has 0 atom stereocenters. The molecule has 0 bridgehead atoms. The summed E-state index contributed by atoms with van der Waals surface area (Å²) in [4.78, 5) is 26.3. The van der Waals surface area contributed by atoms with E-state index in [1.807, 2.05) is 13.8 Å². The van der Waals surface area contributed by atoms with Crippen molar-refractivity contribution in [3.63, 3.8) is 0 Å². The standard InChI is InChI=1S/C12H15N5O2/c1-7(2)9-4-8(5-10(18)14-9)11(19)15-12-16-13-6-17(12)3/h4-7H,1-3H3,(H,14,18)(H,15,16,19). The normalized spacial score (nSPS) is 10.7. The van der Waals surface area contributed by atoms with Crippen LogP contribution in [0, 0.1) is 0 Å². The van der Waals surface area contributed by atoms with Gasteiger partial charge in [-0.3, -0.25) is 14.9 Å². The summed E-state index contributed by atoms with van der Waals surface area (Å²) in [5.41, 5.74) is 0.723. The molecule has 0 spiro atoms. The fourth-order valence-electron chi connectivity index (χ4n) is 1.58. The molecule has 100 valence electrons. The van der Waals surface area contributed by atoms with Gasteiger partial charge in [-0.05, 0) is 12.0 Å². The van der Waals surface area contributed by atoms with E-state index in [0.717, 1.165) is 5.69 Å². The average molecular weight is 261 g/mol. The van der Waals surface area contributed by atoms with Gasteiger partial charge in [-0.2, -0.15) is 0 Å². The molecule has 0 fully saturated rings. The number of anilines is 1. The van der Waals surface area contributed by atoms with Gasteiger partial charge in [-0.1, -0.05) is 13.8 Å². The van der Waals surface area contributed by atoms with Crippen molar-refractivity contribution in [3.8, 4) is 0 Å². The molecule has 2 rings (SSSR count). The van der Waals surface area contributed by atoms with Crippen molar-refractivity contribution in [3.05, 3.63) is 40.1 Å². The Morgan fingerprint density at radius 3 is 2.74 bits per heavy atom. The third-order valence-electron chi connectivity index (χ3n) is 2.69. The monoisotopic (exact) mass is 261 g/mol. The van der Waals surface area contributed by atoms with Crippen molar-refractivity contribution in [2.24, 2.45) is 7.05 Å². The molecule has 2 heterocycles. The Bertz CT molecular complexity index is 656. The lowest BCUT2D eigenvalue weighted by Gasteiger charge is -2.08. The van der Waals surface area contributed by atoms with Crippen molar-refractivity contribution in [1.82, 2.24) is 19.7 Å². The van der Waals surface area contributed by atoms with Crippen LogP contribution in [0.3, 0.4) is 0 Å². The van der Waals surface area contributed by atoms with Gasteiger partial charge in [-0.15, -0.1) is 10.2 Å². The smallest absolute Gasteiger partial charge is 0.258 e. The molecule has 0 saturated heterocycles. The minimum absolute atomic E-state index is 0.135. The average Bonchev–Trinajstić information content (AvgIpc) is 2.74. The lowest BCUT2D eigenvalue weighted by molar-refractivity contribution is 0.102. The van der Waals surface area contributed by atoms with E-state index < -0.39 is 0 Å². The van der Waals surface area contributed by atoms with Crippen LogP contribution in [0.2, 0.25) is 0 Å². The first-order chi connectivity index (χ1) is 8.97. The molecule has 2 aromatic heterocycles. The second-order valence-electron chi connectivity index (χ2n) is 4.56. The third kappa shape index (κ3) is 2.87. The molecule has 0 aliphatic carbocycles. The van der Waals surface area contributed by atoms with Crippen LogP contribution in [-0.4, -0.2) is 25.7 Å². The van der Waals surface area contributed by atoms with E-state index in [9.17, 15) is 9.59 Å². The summed E-state index contributed by atoms with van der Waals surface area (Å²) in [6.07, 6.45) is 1.48. The summed E-state index contributed by atoms with van der Waals surface area (Å²) in [6.45, 7) is 3.88. The Morgan fingerprint density at radius 2 is 2.16 bits per heavy atom. The Hall–Kier alpha value is -2.44. The van der Waals surface area contributed by atoms with Gasteiger partial charge in [0.05, 0.1) is 0 Å². The van der Waals surface area contributed by atoms with Crippen LogP contribution < -0.4 is 10.9 Å². The molecule has 0 saturated carbocycles. The van der Waals surface area contributed by atoms with Crippen molar-refractivity contribution >= 4 is 11.9 Å². The topological polar surface area (TPSA) is 92.7 Å². The van der Waals surface area contributed by atoms with Gasteiger partial charge in [0.25, 0.3) is 5.91 Å². The van der Waals surface area contributed by atoms with Crippen LogP contribution in [-0.2, 0) is 7.05 Å². The number of H-pyrrole nitrogens is 1. The fraction of sp³-hybridized carbons (Fsp3) is 0.333. The maximum Gasteiger partial charge on any atom is 0.258 e. The van der Waals surface area contributed by atoms with Crippen molar-refractivity contribution in [1.29, 1.82) is 0 Å². The zero-order valence-corrected chi connectivity index (χ0v) is 11.0. The zero-order valence-electron chi connectivity index (χ0n) is 11.0. The highest BCUT2D eigenvalue weighted by Gasteiger charge is 2.12. The van der Waals surface area contributed by atoms with Gasteiger partial charge in [0.15, 0.2) is 0 Å². The molecular weight excluding hydrogens is 246 g/mol. The number of carbonyl (C=O) groups is 1. The highest BCUT2D eigenvalue weighted by atomic mass is 16.2. The molecule has 0 radical (unpaired) electrons. The molecule has 1 amide bonds. The van der Waals surface area contributed by atoms with Crippen LogP contribution in [0.15, 0.2) is 23.3 Å². The van der Waals surface area contributed by atoms with Gasteiger partial charge in [0.1, 0.15) is 6.33 Å². The maximum absolute atomic E-state index is 12.0. The van der Waals surface area contributed by atoms with Crippen molar-refractivity contribution < 1.29 is 4.79 Å². The van der Waals surface area contributed by atoms with Crippen LogP contribution in [0.5, 0.6) is 0 Å². The molecule has 0 aliphatic rings. The van der Waals surface area contributed by atoms with Gasteiger partial charge in [0, 0.05) is 24.4 Å². The van der Waals surface area contributed by atoms with Gasteiger partial charge in [0.2, 0.25) is 11.5 Å². The second-order valence-corrected chi connectivity index (χ2v) is 4.56. The number of amides is 1. The Labute approximate surface area is 109 Å². The van der Waals surface area contributed by atoms with Gasteiger partial charge < -0.3 is 9.55 Å². The number of pyridine rings is 1. The van der Waals surface area contributed by atoms with E-state index in [1.54, 1.807) is 17.7 Å². The van der Waals surface area contributed by atoms with Crippen LogP contribution in [0.4, 0.5) is 5.95 Å². The van der Waals surface area contributed by atoms with Gasteiger partial charge in [-0.25, -0.2) is 0 Å². The Kier molecular flexibility index (Phi) is 3.46. The first kappa shape index (κ1) is 13.0. The van der Waals surface area contributed by atoms with Crippen LogP contribution in [0.25, 0.3) is 0 Å². The van der Waals surface area contributed by atoms with Crippen molar-refractivity contribution in [2.45, 2.75) is 19.8 Å². The van der Waals surface area contributed by atoms with Crippen molar-refractivity contribution in [2.75, 3.05) is 5.32 Å². The SMILES string of the molecule is CC(C)c1cc(C(=O)Nc2nncn2C)cc(=O)[nH]1. The predicted molar refractivity (Wildman–Crippen MR) is 70.1 cm³/mol. The van der Waals surface area contributed by atoms with E-state index >= 15 is 0 Å². The third-order valence-corrected chi connectivity index (χ3v) is 2.69. The first-order valence-electron chi connectivity index (χ1n) is 5.87. The number of hydrogen-bond acceptors (Lipinski definition) is 4. The molecular formula is C12H15N5O2. The predicted octanol–water partition coefficient (Wildman–Crippen LogP) is 0.879. The number of hydrogen-bond donors (Lipinski definition) is 2. The summed E-state index contributed by atoms with van der Waals surface area (Å²) in [5.74, 6) is 0.0794. The molecule has 7 heteroatoms.